The molecule has 0 saturated carbocycles. The molecule has 6 heteroatoms. The third kappa shape index (κ3) is 4.15. The zero-order valence-corrected chi connectivity index (χ0v) is 19.2. The van der Waals surface area contributed by atoms with Gasteiger partial charge >= 0.3 is 0 Å². The number of aromatic amines is 1. The fourth-order valence-corrected chi connectivity index (χ4v) is 6.16. The van der Waals surface area contributed by atoms with Gasteiger partial charge in [0.15, 0.2) is 0 Å². The van der Waals surface area contributed by atoms with E-state index in [4.69, 9.17) is 4.74 Å². The normalized spacial score (nSPS) is 19.1. The first-order valence-corrected chi connectivity index (χ1v) is 12.7. The molecule has 6 rings (SSSR count). The van der Waals surface area contributed by atoms with Crippen molar-refractivity contribution >= 4 is 32.5 Å². The molecule has 0 amide bonds. The van der Waals surface area contributed by atoms with Gasteiger partial charge in [0.05, 0.1) is 10.2 Å². The van der Waals surface area contributed by atoms with Gasteiger partial charge in [0.2, 0.25) is 0 Å². The van der Waals surface area contributed by atoms with E-state index in [1.807, 2.05) is 18.2 Å². The monoisotopic (exact) mass is 446 g/mol. The maximum absolute atomic E-state index is 6.07. The summed E-state index contributed by atoms with van der Waals surface area (Å²) < 4.78 is 7.22. The Balaban J connectivity index is 1.11. The Bertz CT molecular complexity index is 1170. The number of piperidine rings is 2. The van der Waals surface area contributed by atoms with Crippen molar-refractivity contribution in [3.05, 3.63) is 54.2 Å². The zero-order valence-electron chi connectivity index (χ0n) is 18.4. The molecule has 1 N–H and O–H groups in total. The molecule has 4 aromatic rings. The summed E-state index contributed by atoms with van der Waals surface area (Å²) in [6, 6.07) is 15.3. The predicted octanol–water partition coefficient (Wildman–Crippen LogP) is 6.02. The molecule has 32 heavy (non-hydrogen) atoms. The molecule has 0 bridgehead atoms. The van der Waals surface area contributed by atoms with Crippen LogP contribution in [0, 0.1) is 0 Å². The van der Waals surface area contributed by atoms with Crippen molar-refractivity contribution in [3.8, 4) is 10.9 Å². The van der Waals surface area contributed by atoms with Crippen LogP contribution in [0.2, 0.25) is 0 Å². The fourth-order valence-electron chi connectivity index (χ4n) is 5.32. The van der Waals surface area contributed by atoms with Crippen molar-refractivity contribution in [2.45, 2.75) is 44.7 Å². The van der Waals surface area contributed by atoms with Gasteiger partial charge in [-0.2, -0.15) is 0 Å². The number of thiazole rings is 1. The second-order valence-corrected chi connectivity index (χ2v) is 10.2. The van der Waals surface area contributed by atoms with Crippen LogP contribution < -0.4 is 4.74 Å². The second kappa shape index (κ2) is 8.85. The van der Waals surface area contributed by atoms with E-state index in [0.29, 0.717) is 5.19 Å². The van der Waals surface area contributed by atoms with E-state index in [1.54, 1.807) is 11.3 Å². The van der Waals surface area contributed by atoms with Gasteiger partial charge in [0, 0.05) is 35.8 Å². The van der Waals surface area contributed by atoms with Crippen LogP contribution in [0.4, 0.5) is 0 Å². The molecule has 2 aromatic carbocycles. The van der Waals surface area contributed by atoms with Crippen molar-refractivity contribution in [2.24, 2.45) is 0 Å². The molecule has 0 aliphatic carbocycles. The standard InChI is InChI=1S/C26H30N4OS/c1-4-12-30(13-5-1)20-10-14-29(15-11-20)18-19-17-27-24-16-21(8-9-22(19)24)31-26-28-23-6-2-3-7-25(23)32-26/h2-3,6-9,16-17,20,27H,1,4-5,10-15,18H2. The van der Waals surface area contributed by atoms with Crippen molar-refractivity contribution in [2.75, 3.05) is 26.2 Å². The molecule has 4 heterocycles. The van der Waals surface area contributed by atoms with Gasteiger partial charge in [0.25, 0.3) is 5.19 Å². The quantitative estimate of drug-likeness (QED) is 0.407. The SMILES string of the molecule is c1ccc2sc(Oc3ccc4c(CN5CCC(N6CCCCC6)CC5)c[nH]c4c3)nc2c1. The van der Waals surface area contributed by atoms with Crippen molar-refractivity contribution in [3.63, 3.8) is 0 Å². The van der Waals surface area contributed by atoms with E-state index in [-0.39, 0.29) is 0 Å². The summed E-state index contributed by atoms with van der Waals surface area (Å²) in [5, 5.41) is 1.98. The Hall–Kier alpha value is -2.41. The maximum atomic E-state index is 6.07. The van der Waals surface area contributed by atoms with Crippen LogP contribution in [-0.2, 0) is 6.54 Å². The second-order valence-electron chi connectivity index (χ2n) is 9.17. The minimum absolute atomic E-state index is 0.689. The highest BCUT2D eigenvalue weighted by atomic mass is 32.1. The van der Waals surface area contributed by atoms with Crippen LogP contribution >= 0.6 is 11.3 Å². The topological polar surface area (TPSA) is 44.4 Å². The summed E-state index contributed by atoms with van der Waals surface area (Å²) >= 11 is 1.58. The van der Waals surface area contributed by atoms with Crippen LogP contribution in [0.25, 0.3) is 21.1 Å². The van der Waals surface area contributed by atoms with Crippen molar-refractivity contribution < 1.29 is 4.74 Å². The molecule has 2 aromatic heterocycles. The number of rotatable bonds is 5. The summed E-state index contributed by atoms with van der Waals surface area (Å²) in [7, 11) is 0. The average Bonchev–Trinajstić information content (AvgIpc) is 3.43. The fraction of sp³-hybridized carbons (Fsp3) is 0.423. The van der Waals surface area contributed by atoms with Gasteiger partial charge in [-0.05, 0) is 81.7 Å². The molecule has 0 unspecified atom stereocenters. The van der Waals surface area contributed by atoms with E-state index >= 15 is 0 Å². The van der Waals surface area contributed by atoms with Crippen molar-refractivity contribution in [1.29, 1.82) is 0 Å². The van der Waals surface area contributed by atoms with Crippen LogP contribution in [0.3, 0.4) is 0 Å². The Labute approximate surface area is 193 Å². The number of aromatic nitrogens is 2. The van der Waals surface area contributed by atoms with Crippen LogP contribution in [0.15, 0.2) is 48.7 Å². The van der Waals surface area contributed by atoms with E-state index in [9.17, 15) is 0 Å². The third-order valence-corrected chi connectivity index (χ3v) is 7.99. The number of para-hydroxylation sites is 1. The summed E-state index contributed by atoms with van der Waals surface area (Å²) in [6.45, 7) is 6.05. The van der Waals surface area contributed by atoms with Crippen LogP contribution in [-0.4, -0.2) is 52.0 Å². The number of benzene rings is 2. The summed E-state index contributed by atoms with van der Waals surface area (Å²) in [4.78, 5) is 13.4. The molecule has 2 saturated heterocycles. The first-order valence-electron chi connectivity index (χ1n) is 11.9. The van der Waals surface area contributed by atoms with E-state index in [2.05, 4.69) is 50.2 Å². The van der Waals surface area contributed by atoms with Gasteiger partial charge in [0.1, 0.15) is 5.75 Å². The number of likely N-dealkylation sites (tertiary alicyclic amines) is 2. The lowest BCUT2D eigenvalue weighted by atomic mass is 9.99. The molecule has 166 valence electrons. The number of fused-ring (bicyclic) bond motifs is 2. The number of nitrogens with zero attached hydrogens (tertiary/aromatic N) is 3. The Kier molecular flexibility index (Phi) is 5.59. The smallest absolute Gasteiger partial charge is 0.279 e. The molecule has 2 aliphatic heterocycles. The van der Waals surface area contributed by atoms with Crippen LogP contribution in [0.1, 0.15) is 37.7 Å². The Morgan fingerprint density at radius 2 is 1.84 bits per heavy atom. The highest BCUT2D eigenvalue weighted by Gasteiger charge is 2.25. The molecule has 0 radical (unpaired) electrons. The number of hydrogen-bond acceptors (Lipinski definition) is 5. The number of hydrogen-bond donors (Lipinski definition) is 1. The predicted molar refractivity (Wildman–Crippen MR) is 132 cm³/mol. The minimum Gasteiger partial charge on any atom is -0.431 e. The molecular formula is C26H30N4OS. The lowest BCUT2D eigenvalue weighted by Crippen LogP contribution is -2.46. The Morgan fingerprint density at radius 3 is 2.69 bits per heavy atom. The molecule has 2 aliphatic rings. The van der Waals surface area contributed by atoms with Crippen LogP contribution in [0.5, 0.6) is 10.9 Å². The average molecular weight is 447 g/mol. The van der Waals surface area contributed by atoms with E-state index in [0.717, 1.165) is 34.1 Å². The molecule has 0 atom stereocenters. The maximum Gasteiger partial charge on any atom is 0.279 e. The lowest BCUT2D eigenvalue weighted by Gasteiger charge is -2.40. The lowest BCUT2D eigenvalue weighted by molar-refractivity contribution is 0.0898. The summed E-state index contributed by atoms with van der Waals surface area (Å²) in [5.74, 6) is 0.826. The Morgan fingerprint density at radius 1 is 1.00 bits per heavy atom. The van der Waals surface area contributed by atoms with E-state index in [1.165, 1.54) is 69.2 Å². The highest BCUT2D eigenvalue weighted by Crippen LogP contribution is 2.33. The molecule has 2 fully saturated rings. The van der Waals surface area contributed by atoms with Gasteiger partial charge in [-0.25, -0.2) is 4.98 Å². The molecule has 5 nitrogen and oxygen atoms in total. The van der Waals surface area contributed by atoms with E-state index < -0.39 is 0 Å². The van der Waals surface area contributed by atoms with Gasteiger partial charge in [-0.15, -0.1) is 0 Å². The summed E-state index contributed by atoms with van der Waals surface area (Å²) in [5.41, 5.74) is 3.49. The first kappa shape index (κ1) is 20.2. The number of ether oxygens (including phenoxy) is 1. The number of H-pyrrole nitrogens is 1. The third-order valence-electron chi connectivity index (χ3n) is 7.08. The molecule has 0 spiro atoms. The number of nitrogens with one attached hydrogen (secondary N) is 1. The van der Waals surface area contributed by atoms with Gasteiger partial charge in [-0.1, -0.05) is 29.9 Å². The molecular weight excluding hydrogens is 416 g/mol. The highest BCUT2D eigenvalue weighted by molar-refractivity contribution is 7.20. The van der Waals surface area contributed by atoms with Gasteiger partial charge in [-0.3, -0.25) is 4.90 Å². The van der Waals surface area contributed by atoms with Gasteiger partial charge < -0.3 is 14.6 Å². The largest absolute Gasteiger partial charge is 0.431 e. The zero-order chi connectivity index (χ0) is 21.3. The van der Waals surface area contributed by atoms with Crippen molar-refractivity contribution in [1.82, 2.24) is 19.8 Å². The first-order chi connectivity index (χ1) is 15.8. The summed E-state index contributed by atoms with van der Waals surface area (Å²) in [6.07, 6.45) is 8.98. The minimum atomic E-state index is 0.689.